The van der Waals surface area contributed by atoms with Crippen LogP contribution in [0.25, 0.3) is 22.0 Å². The molecule has 4 heteroatoms. The lowest BCUT2D eigenvalue weighted by Crippen LogP contribution is -2.29. The van der Waals surface area contributed by atoms with E-state index in [0.717, 1.165) is 22.0 Å². The quantitative estimate of drug-likeness (QED) is 0.678. The molecule has 0 saturated carbocycles. The maximum atomic E-state index is 9.10. The molecule has 2 aromatic carbocycles. The van der Waals surface area contributed by atoms with Crippen LogP contribution in [-0.2, 0) is 0 Å². The summed E-state index contributed by atoms with van der Waals surface area (Å²) in [5.41, 5.74) is 3.56. The third kappa shape index (κ3) is 2.23. The predicted molar refractivity (Wildman–Crippen MR) is 77.0 cm³/mol. The van der Waals surface area contributed by atoms with Crippen molar-refractivity contribution >= 4 is 23.5 Å². The average molecular weight is 249 g/mol. The van der Waals surface area contributed by atoms with Gasteiger partial charge in [0.05, 0.1) is 5.52 Å². The summed E-state index contributed by atoms with van der Waals surface area (Å²) in [4.78, 5) is 4.33. The lowest BCUT2D eigenvalue weighted by Gasteiger charge is -2.07. The molecule has 0 unspecified atom stereocenters. The van der Waals surface area contributed by atoms with Crippen LogP contribution < -0.4 is 5.46 Å². The summed E-state index contributed by atoms with van der Waals surface area (Å²) in [7, 11) is -1.43. The minimum atomic E-state index is -1.43. The zero-order valence-corrected chi connectivity index (χ0v) is 10.2. The third-order valence-corrected chi connectivity index (χ3v) is 3.17. The van der Waals surface area contributed by atoms with Crippen molar-refractivity contribution in [1.82, 2.24) is 4.98 Å². The van der Waals surface area contributed by atoms with Gasteiger partial charge in [0.1, 0.15) is 0 Å². The molecule has 19 heavy (non-hydrogen) atoms. The highest BCUT2D eigenvalue weighted by Gasteiger charge is 2.10. The Kier molecular flexibility index (Phi) is 3.03. The van der Waals surface area contributed by atoms with Gasteiger partial charge < -0.3 is 10.0 Å². The number of hydrogen-bond donors (Lipinski definition) is 2. The van der Waals surface area contributed by atoms with Crippen LogP contribution in [0, 0.1) is 0 Å². The summed E-state index contributed by atoms with van der Waals surface area (Å²) in [5.74, 6) is 0. The smallest absolute Gasteiger partial charge is 0.423 e. The molecule has 3 rings (SSSR count). The monoisotopic (exact) mass is 249 g/mol. The summed E-state index contributed by atoms with van der Waals surface area (Å²) >= 11 is 0. The largest absolute Gasteiger partial charge is 0.488 e. The van der Waals surface area contributed by atoms with Crippen molar-refractivity contribution in [3.8, 4) is 11.1 Å². The molecular weight excluding hydrogens is 237 g/mol. The van der Waals surface area contributed by atoms with Crippen LogP contribution in [-0.4, -0.2) is 22.2 Å². The van der Waals surface area contributed by atoms with E-state index in [2.05, 4.69) is 4.98 Å². The Bertz CT molecular complexity index is 705. The van der Waals surface area contributed by atoms with Gasteiger partial charge in [-0.25, -0.2) is 0 Å². The van der Waals surface area contributed by atoms with Crippen molar-refractivity contribution in [3.05, 3.63) is 60.8 Å². The fourth-order valence-electron chi connectivity index (χ4n) is 2.19. The Balaban J connectivity index is 2.14. The Morgan fingerprint density at radius 2 is 1.63 bits per heavy atom. The van der Waals surface area contributed by atoms with Gasteiger partial charge in [0, 0.05) is 11.6 Å². The first-order valence-electron chi connectivity index (χ1n) is 6.06. The number of benzene rings is 2. The first-order valence-corrected chi connectivity index (χ1v) is 6.06. The molecule has 3 nitrogen and oxygen atoms in total. The summed E-state index contributed by atoms with van der Waals surface area (Å²) in [6, 6.07) is 17.1. The molecule has 0 aliphatic heterocycles. The van der Waals surface area contributed by atoms with Gasteiger partial charge in [-0.2, -0.15) is 0 Å². The standard InChI is InChI=1S/C15H12BNO2/c18-16(19)12-8-6-11(7-9-12)13-3-1-5-15-14(13)4-2-10-17-15/h1-10,18-19H. The molecule has 3 aromatic rings. The summed E-state index contributed by atoms with van der Waals surface area (Å²) < 4.78 is 0. The van der Waals surface area contributed by atoms with E-state index >= 15 is 0 Å². The van der Waals surface area contributed by atoms with Gasteiger partial charge in [0.15, 0.2) is 0 Å². The Morgan fingerprint density at radius 3 is 2.37 bits per heavy atom. The number of nitrogens with zero attached hydrogens (tertiary/aromatic N) is 1. The van der Waals surface area contributed by atoms with E-state index < -0.39 is 7.12 Å². The number of aromatic nitrogens is 1. The van der Waals surface area contributed by atoms with Gasteiger partial charge in [-0.15, -0.1) is 0 Å². The topological polar surface area (TPSA) is 53.4 Å². The molecule has 0 aliphatic carbocycles. The molecule has 1 heterocycles. The van der Waals surface area contributed by atoms with Crippen molar-refractivity contribution in [3.63, 3.8) is 0 Å². The molecule has 2 N–H and O–H groups in total. The first kappa shape index (κ1) is 11.9. The van der Waals surface area contributed by atoms with Crippen LogP contribution in [0.3, 0.4) is 0 Å². The third-order valence-electron chi connectivity index (χ3n) is 3.17. The van der Waals surface area contributed by atoms with E-state index in [-0.39, 0.29) is 0 Å². The van der Waals surface area contributed by atoms with Crippen molar-refractivity contribution < 1.29 is 10.0 Å². The predicted octanol–water partition coefficient (Wildman–Crippen LogP) is 1.58. The Labute approximate surface area is 111 Å². The molecule has 0 fully saturated rings. The highest BCUT2D eigenvalue weighted by Crippen LogP contribution is 2.26. The number of fused-ring (bicyclic) bond motifs is 1. The van der Waals surface area contributed by atoms with Crippen LogP contribution in [0.2, 0.25) is 0 Å². The van der Waals surface area contributed by atoms with Crippen LogP contribution in [0.4, 0.5) is 0 Å². The zero-order chi connectivity index (χ0) is 13.2. The molecule has 0 spiro atoms. The minimum absolute atomic E-state index is 0.488. The summed E-state index contributed by atoms with van der Waals surface area (Å²) in [6.45, 7) is 0. The van der Waals surface area contributed by atoms with Gasteiger partial charge in [-0.3, -0.25) is 4.98 Å². The maximum absolute atomic E-state index is 9.10. The lowest BCUT2D eigenvalue weighted by atomic mass is 9.80. The number of pyridine rings is 1. The molecule has 1 aromatic heterocycles. The van der Waals surface area contributed by atoms with E-state index in [9.17, 15) is 0 Å². The van der Waals surface area contributed by atoms with Crippen molar-refractivity contribution in [2.45, 2.75) is 0 Å². The van der Waals surface area contributed by atoms with E-state index in [1.807, 2.05) is 42.5 Å². The van der Waals surface area contributed by atoms with Gasteiger partial charge in [0.25, 0.3) is 0 Å². The Hall–Kier alpha value is -2.17. The highest BCUT2D eigenvalue weighted by molar-refractivity contribution is 6.58. The van der Waals surface area contributed by atoms with Gasteiger partial charge in [0.2, 0.25) is 0 Å². The lowest BCUT2D eigenvalue weighted by molar-refractivity contribution is 0.426. The van der Waals surface area contributed by atoms with Crippen molar-refractivity contribution in [2.75, 3.05) is 0 Å². The number of rotatable bonds is 2. The second-order valence-electron chi connectivity index (χ2n) is 4.37. The summed E-state index contributed by atoms with van der Waals surface area (Å²) in [5, 5.41) is 19.3. The molecule has 0 bridgehead atoms. The van der Waals surface area contributed by atoms with E-state index in [1.165, 1.54) is 0 Å². The SMILES string of the molecule is OB(O)c1ccc(-c2cccc3ncccc23)cc1. The molecule has 0 radical (unpaired) electrons. The normalized spacial score (nSPS) is 10.6. The van der Waals surface area contributed by atoms with Gasteiger partial charge in [-0.05, 0) is 28.7 Å². The molecule has 0 amide bonds. The number of hydrogen-bond acceptors (Lipinski definition) is 3. The maximum Gasteiger partial charge on any atom is 0.488 e. The Morgan fingerprint density at radius 1 is 0.842 bits per heavy atom. The second-order valence-corrected chi connectivity index (χ2v) is 4.37. The van der Waals surface area contributed by atoms with E-state index in [0.29, 0.717) is 5.46 Å². The summed E-state index contributed by atoms with van der Waals surface area (Å²) in [6.07, 6.45) is 1.78. The fraction of sp³-hybridized carbons (Fsp3) is 0. The minimum Gasteiger partial charge on any atom is -0.423 e. The van der Waals surface area contributed by atoms with Gasteiger partial charge in [-0.1, -0.05) is 42.5 Å². The average Bonchev–Trinajstić information content (AvgIpc) is 2.47. The van der Waals surface area contributed by atoms with Crippen molar-refractivity contribution in [1.29, 1.82) is 0 Å². The van der Waals surface area contributed by atoms with Gasteiger partial charge >= 0.3 is 7.12 Å². The zero-order valence-electron chi connectivity index (χ0n) is 10.2. The molecule has 0 atom stereocenters. The fourth-order valence-corrected chi connectivity index (χ4v) is 2.19. The van der Waals surface area contributed by atoms with Crippen LogP contribution >= 0.6 is 0 Å². The van der Waals surface area contributed by atoms with E-state index in [4.69, 9.17) is 10.0 Å². The van der Waals surface area contributed by atoms with Crippen LogP contribution in [0.5, 0.6) is 0 Å². The second kappa shape index (κ2) is 4.84. The van der Waals surface area contributed by atoms with Crippen LogP contribution in [0.1, 0.15) is 0 Å². The first-order chi connectivity index (χ1) is 9.25. The van der Waals surface area contributed by atoms with Crippen molar-refractivity contribution in [2.24, 2.45) is 0 Å². The van der Waals surface area contributed by atoms with E-state index in [1.54, 1.807) is 18.3 Å². The van der Waals surface area contributed by atoms with Crippen LogP contribution in [0.15, 0.2) is 60.8 Å². The molecule has 92 valence electrons. The molecule has 0 aliphatic rings. The molecule has 0 saturated heterocycles. The highest BCUT2D eigenvalue weighted by atomic mass is 16.4. The molecular formula is C15H12BNO2.